The molecule has 196 valence electrons. The zero-order valence-electron chi connectivity index (χ0n) is 21.9. The quantitative estimate of drug-likeness (QED) is 0.189. The fourth-order valence-corrected chi connectivity index (χ4v) is 3.61. The third-order valence-corrected chi connectivity index (χ3v) is 5.35. The summed E-state index contributed by atoms with van der Waals surface area (Å²) < 4.78 is 7.12. The van der Waals surface area contributed by atoms with Crippen LogP contribution in [0.25, 0.3) is 5.69 Å². The lowest BCUT2D eigenvalue weighted by Gasteiger charge is -2.20. The van der Waals surface area contributed by atoms with E-state index in [1.54, 1.807) is 80.5 Å². The van der Waals surface area contributed by atoms with Crippen molar-refractivity contribution in [1.29, 1.82) is 0 Å². The summed E-state index contributed by atoms with van der Waals surface area (Å²) in [6, 6.07) is 21.4. The van der Waals surface area contributed by atoms with Crippen LogP contribution in [0.4, 0.5) is 16.2 Å². The van der Waals surface area contributed by atoms with Crippen molar-refractivity contribution in [2.75, 3.05) is 10.6 Å². The smallest absolute Gasteiger partial charge is 0.412 e. The molecule has 1 aromatic heterocycles. The van der Waals surface area contributed by atoms with Crippen LogP contribution >= 0.6 is 0 Å². The maximum atomic E-state index is 12.9. The lowest BCUT2D eigenvalue weighted by molar-refractivity contribution is -0.115. The number of imidazole rings is 1. The first-order valence-corrected chi connectivity index (χ1v) is 12.3. The highest BCUT2D eigenvalue weighted by Gasteiger charge is 2.19. The third kappa shape index (κ3) is 7.91. The predicted octanol–water partition coefficient (Wildman–Crippen LogP) is 5.83. The summed E-state index contributed by atoms with van der Waals surface area (Å²) in [5.74, 6) is 5.24. The zero-order chi connectivity index (χ0) is 27.8. The summed E-state index contributed by atoms with van der Waals surface area (Å²) in [5, 5.41) is 5.41. The molecule has 8 heteroatoms. The SMILES string of the molecule is CC(C)(C)OC(=O)Nc1ccc(C#Cc2ccccc2)cc1NC(=O)CC(=O)c1cccc(-n2ccnc2)c1. The zero-order valence-corrected chi connectivity index (χ0v) is 21.9. The molecule has 39 heavy (non-hydrogen) atoms. The van der Waals surface area contributed by atoms with Crippen molar-refractivity contribution >= 4 is 29.2 Å². The average molecular weight is 521 g/mol. The van der Waals surface area contributed by atoms with Gasteiger partial charge in [-0.3, -0.25) is 14.9 Å². The summed E-state index contributed by atoms with van der Waals surface area (Å²) in [4.78, 5) is 42.3. The lowest BCUT2D eigenvalue weighted by atomic mass is 10.1. The van der Waals surface area contributed by atoms with E-state index in [0.29, 0.717) is 22.5 Å². The van der Waals surface area contributed by atoms with Crippen LogP contribution in [0, 0.1) is 11.8 Å². The highest BCUT2D eigenvalue weighted by molar-refractivity contribution is 6.12. The van der Waals surface area contributed by atoms with E-state index in [9.17, 15) is 14.4 Å². The molecule has 0 fully saturated rings. The van der Waals surface area contributed by atoms with Gasteiger partial charge in [-0.2, -0.15) is 0 Å². The number of carbonyl (C=O) groups is 3. The molecule has 4 rings (SSSR count). The number of amides is 2. The molecule has 8 nitrogen and oxygen atoms in total. The summed E-state index contributed by atoms with van der Waals surface area (Å²) in [5.41, 5.74) is 2.51. The Balaban J connectivity index is 1.53. The van der Waals surface area contributed by atoms with Crippen molar-refractivity contribution in [3.63, 3.8) is 0 Å². The molecule has 4 aromatic rings. The average Bonchev–Trinajstić information content (AvgIpc) is 3.43. The van der Waals surface area contributed by atoms with Crippen molar-refractivity contribution in [2.24, 2.45) is 0 Å². The minimum atomic E-state index is -0.702. The maximum absolute atomic E-state index is 12.9. The van der Waals surface area contributed by atoms with Gasteiger partial charge in [-0.05, 0) is 63.2 Å². The second kappa shape index (κ2) is 11.9. The van der Waals surface area contributed by atoms with Crippen molar-refractivity contribution in [2.45, 2.75) is 32.8 Å². The maximum Gasteiger partial charge on any atom is 0.412 e. The molecule has 0 aliphatic rings. The van der Waals surface area contributed by atoms with Crippen molar-refractivity contribution in [1.82, 2.24) is 9.55 Å². The standard InChI is InChI=1S/C31H28N4O4/c1-31(2,3)39-30(38)34-26-15-14-23(13-12-22-8-5-4-6-9-22)18-27(26)33-29(37)20-28(36)24-10-7-11-25(19-24)35-17-16-32-21-35/h4-11,14-19,21H,20H2,1-3H3,(H,33,37)(H,34,38). The van der Waals surface area contributed by atoms with E-state index >= 15 is 0 Å². The molecule has 0 saturated heterocycles. The topological polar surface area (TPSA) is 102 Å². The van der Waals surface area contributed by atoms with Gasteiger partial charge in [0.1, 0.15) is 5.60 Å². The minimum Gasteiger partial charge on any atom is -0.444 e. The Bertz CT molecular complexity index is 1540. The van der Waals surface area contributed by atoms with E-state index in [-0.39, 0.29) is 12.2 Å². The van der Waals surface area contributed by atoms with E-state index in [2.05, 4.69) is 27.5 Å². The Hall–Kier alpha value is -5.16. The highest BCUT2D eigenvalue weighted by Crippen LogP contribution is 2.25. The van der Waals surface area contributed by atoms with Gasteiger partial charge in [-0.1, -0.05) is 42.2 Å². The van der Waals surface area contributed by atoms with E-state index < -0.39 is 17.6 Å². The molecule has 0 unspecified atom stereocenters. The fourth-order valence-electron chi connectivity index (χ4n) is 3.61. The van der Waals surface area contributed by atoms with Gasteiger partial charge in [-0.25, -0.2) is 9.78 Å². The number of Topliss-reactive ketones (excluding diaryl/α,β-unsaturated/α-hetero) is 1. The van der Waals surface area contributed by atoms with Gasteiger partial charge < -0.3 is 14.6 Å². The number of benzene rings is 3. The van der Waals surface area contributed by atoms with Crippen molar-refractivity contribution in [3.05, 3.63) is 108 Å². The van der Waals surface area contributed by atoms with Gasteiger partial charge in [0.2, 0.25) is 5.91 Å². The number of hydrogen-bond donors (Lipinski definition) is 2. The van der Waals surface area contributed by atoms with Crippen LogP contribution in [0.15, 0.2) is 91.5 Å². The highest BCUT2D eigenvalue weighted by atomic mass is 16.6. The molecular formula is C31H28N4O4. The first kappa shape index (κ1) is 26.9. The number of nitrogens with one attached hydrogen (secondary N) is 2. The van der Waals surface area contributed by atoms with Crippen LogP contribution in [0.2, 0.25) is 0 Å². The molecule has 1 heterocycles. The molecule has 2 N–H and O–H groups in total. The lowest BCUT2D eigenvalue weighted by Crippen LogP contribution is -2.27. The molecular weight excluding hydrogens is 492 g/mol. The van der Waals surface area contributed by atoms with Gasteiger partial charge in [0.25, 0.3) is 0 Å². The largest absolute Gasteiger partial charge is 0.444 e. The summed E-state index contributed by atoms with van der Waals surface area (Å²) >= 11 is 0. The number of ketones is 1. The molecule has 0 saturated carbocycles. The molecule has 2 amide bonds. The second-order valence-corrected chi connectivity index (χ2v) is 9.67. The summed E-state index contributed by atoms with van der Waals surface area (Å²) in [6.45, 7) is 5.26. The number of ether oxygens (including phenoxy) is 1. The second-order valence-electron chi connectivity index (χ2n) is 9.67. The van der Waals surface area contributed by atoms with E-state index in [0.717, 1.165) is 11.3 Å². The monoisotopic (exact) mass is 520 g/mol. The Morgan fingerprint density at radius 2 is 1.64 bits per heavy atom. The van der Waals surface area contributed by atoms with Crippen molar-refractivity contribution in [3.8, 4) is 17.5 Å². The molecule has 0 bridgehead atoms. The van der Waals surface area contributed by atoms with E-state index in [1.165, 1.54) is 0 Å². The first-order chi connectivity index (χ1) is 18.7. The Labute approximate surface area is 227 Å². The van der Waals surface area contributed by atoms with Crippen molar-refractivity contribution < 1.29 is 19.1 Å². The summed E-state index contributed by atoms with van der Waals surface area (Å²) in [6.07, 6.45) is 3.97. The third-order valence-electron chi connectivity index (χ3n) is 5.35. The van der Waals surface area contributed by atoms with Crippen LogP contribution in [0.1, 0.15) is 48.7 Å². The molecule has 0 spiro atoms. The van der Waals surface area contributed by atoms with Crippen LogP contribution in [-0.2, 0) is 9.53 Å². The Morgan fingerprint density at radius 3 is 2.36 bits per heavy atom. The molecule has 0 atom stereocenters. The van der Waals surface area contributed by atoms with Gasteiger partial charge in [0.15, 0.2) is 5.78 Å². The number of nitrogens with zero attached hydrogens (tertiary/aromatic N) is 2. The van der Waals surface area contributed by atoms with Crippen LogP contribution in [0.5, 0.6) is 0 Å². The molecule has 3 aromatic carbocycles. The molecule has 0 radical (unpaired) electrons. The first-order valence-electron chi connectivity index (χ1n) is 12.3. The Morgan fingerprint density at radius 1 is 0.872 bits per heavy atom. The van der Waals surface area contributed by atoms with Gasteiger partial charge >= 0.3 is 6.09 Å². The molecule has 0 aliphatic carbocycles. The molecule has 0 aliphatic heterocycles. The van der Waals surface area contributed by atoms with Gasteiger partial charge in [-0.15, -0.1) is 0 Å². The van der Waals surface area contributed by atoms with E-state index in [1.807, 2.05) is 36.4 Å². The predicted molar refractivity (Wildman–Crippen MR) is 150 cm³/mol. The van der Waals surface area contributed by atoms with Crippen LogP contribution in [-0.4, -0.2) is 32.9 Å². The minimum absolute atomic E-state index is 0.297. The number of hydrogen-bond acceptors (Lipinski definition) is 5. The number of aromatic nitrogens is 2. The van der Waals surface area contributed by atoms with Crippen LogP contribution < -0.4 is 10.6 Å². The normalized spacial score (nSPS) is 10.6. The number of rotatable bonds is 6. The van der Waals surface area contributed by atoms with Gasteiger partial charge in [0.05, 0.1) is 24.1 Å². The van der Waals surface area contributed by atoms with E-state index in [4.69, 9.17) is 4.74 Å². The summed E-state index contributed by atoms with van der Waals surface area (Å²) in [7, 11) is 0. The Kier molecular flexibility index (Phi) is 8.22. The number of anilines is 2. The fraction of sp³-hybridized carbons (Fsp3) is 0.161. The van der Waals surface area contributed by atoms with Gasteiger partial charge in [0, 0.05) is 34.8 Å². The number of carbonyl (C=O) groups excluding carboxylic acids is 3. The van der Waals surface area contributed by atoms with Crippen LogP contribution in [0.3, 0.4) is 0 Å².